The third-order valence-electron chi connectivity index (χ3n) is 5.61. The van der Waals surface area contributed by atoms with E-state index in [-0.39, 0.29) is 17.4 Å². The van der Waals surface area contributed by atoms with Crippen LogP contribution >= 0.6 is 11.6 Å². The Morgan fingerprint density at radius 3 is 2.17 bits per heavy atom. The number of carbonyl (C=O) groups is 2. The molecule has 4 aromatic rings. The first kappa shape index (κ1) is 25.1. The first-order chi connectivity index (χ1) is 17.4. The molecular formula is C29H26ClNO5. The zero-order valence-electron chi connectivity index (χ0n) is 20.0. The van der Waals surface area contributed by atoms with Gasteiger partial charge in [-0.3, -0.25) is 10.1 Å². The molecule has 1 atom stereocenters. The number of hydrogen-bond donors (Lipinski definition) is 1. The SMILES string of the molecule is CCOC(=O)Cc1ccc(-c2ccc(-c3occ(Cl)c3NC(=O)O[C@H](C)c3ccccc3)cc2)cc1. The average molecular weight is 504 g/mol. The Morgan fingerprint density at radius 1 is 0.917 bits per heavy atom. The van der Waals surface area contributed by atoms with Crippen molar-refractivity contribution in [2.45, 2.75) is 26.4 Å². The Balaban J connectivity index is 1.45. The van der Waals surface area contributed by atoms with Gasteiger partial charge in [0, 0.05) is 5.56 Å². The van der Waals surface area contributed by atoms with E-state index in [4.69, 9.17) is 25.5 Å². The summed E-state index contributed by atoms with van der Waals surface area (Å²) in [6.07, 6.45) is 0.566. The lowest BCUT2D eigenvalue weighted by Gasteiger charge is -2.14. The van der Waals surface area contributed by atoms with Crippen molar-refractivity contribution < 1.29 is 23.5 Å². The third-order valence-corrected chi connectivity index (χ3v) is 5.89. The predicted octanol–water partition coefficient (Wildman–Crippen LogP) is 7.68. The van der Waals surface area contributed by atoms with Crippen LogP contribution in [0.2, 0.25) is 5.02 Å². The molecule has 0 aliphatic carbocycles. The van der Waals surface area contributed by atoms with Crippen LogP contribution in [0.4, 0.5) is 10.5 Å². The van der Waals surface area contributed by atoms with Crippen molar-refractivity contribution in [3.8, 4) is 22.5 Å². The molecule has 1 N–H and O–H groups in total. The molecule has 6 nitrogen and oxygen atoms in total. The van der Waals surface area contributed by atoms with Gasteiger partial charge in [-0.2, -0.15) is 0 Å². The minimum absolute atomic E-state index is 0.241. The van der Waals surface area contributed by atoms with Crippen molar-refractivity contribution in [2.24, 2.45) is 0 Å². The Kier molecular flexibility index (Phi) is 8.08. The number of esters is 1. The summed E-state index contributed by atoms with van der Waals surface area (Å²) in [6, 6.07) is 24.9. The summed E-state index contributed by atoms with van der Waals surface area (Å²) >= 11 is 6.29. The molecule has 0 saturated carbocycles. The minimum atomic E-state index is -0.629. The number of rotatable bonds is 8. The molecular weight excluding hydrogens is 478 g/mol. The summed E-state index contributed by atoms with van der Waals surface area (Å²) in [7, 11) is 0. The molecule has 4 rings (SSSR count). The van der Waals surface area contributed by atoms with Gasteiger partial charge >= 0.3 is 12.1 Å². The molecule has 0 unspecified atom stereocenters. The molecule has 1 heterocycles. The fourth-order valence-corrected chi connectivity index (χ4v) is 3.94. The van der Waals surface area contributed by atoms with Gasteiger partial charge < -0.3 is 13.9 Å². The summed E-state index contributed by atoms with van der Waals surface area (Å²) in [4.78, 5) is 24.2. The highest BCUT2D eigenvalue weighted by atomic mass is 35.5. The molecule has 7 heteroatoms. The molecule has 36 heavy (non-hydrogen) atoms. The number of carbonyl (C=O) groups excluding carboxylic acids is 2. The second-order valence-electron chi connectivity index (χ2n) is 8.13. The van der Waals surface area contributed by atoms with Crippen LogP contribution in [0.3, 0.4) is 0 Å². The largest absolute Gasteiger partial charge is 0.466 e. The van der Waals surface area contributed by atoms with Crippen molar-refractivity contribution >= 4 is 29.4 Å². The topological polar surface area (TPSA) is 77.8 Å². The second-order valence-corrected chi connectivity index (χ2v) is 8.53. The van der Waals surface area contributed by atoms with Crippen molar-refractivity contribution in [3.05, 3.63) is 101 Å². The van der Waals surface area contributed by atoms with E-state index in [1.165, 1.54) is 6.26 Å². The molecule has 0 radical (unpaired) electrons. The van der Waals surface area contributed by atoms with Crippen LogP contribution in [0.15, 0.2) is 89.5 Å². The minimum Gasteiger partial charge on any atom is -0.466 e. The molecule has 0 saturated heterocycles. The lowest BCUT2D eigenvalue weighted by atomic mass is 10.0. The number of hydrogen-bond acceptors (Lipinski definition) is 5. The van der Waals surface area contributed by atoms with Gasteiger partial charge in [-0.1, -0.05) is 90.5 Å². The monoisotopic (exact) mass is 503 g/mol. The highest BCUT2D eigenvalue weighted by Crippen LogP contribution is 2.37. The molecule has 1 aromatic heterocycles. The first-order valence-corrected chi connectivity index (χ1v) is 12.0. The van der Waals surface area contributed by atoms with E-state index in [0.29, 0.717) is 18.1 Å². The molecule has 0 aliphatic rings. The van der Waals surface area contributed by atoms with Crippen molar-refractivity contribution in [1.29, 1.82) is 0 Å². The van der Waals surface area contributed by atoms with Crippen LogP contribution in [0.5, 0.6) is 0 Å². The molecule has 0 spiro atoms. The Labute approximate surface area is 214 Å². The summed E-state index contributed by atoms with van der Waals surface area (Å²) in [5.74, 6) is 0.190. The van der Waals surface area contributed by atoms with Crippen molar-refractivity contribution in [1.82, 2.24) is 0 Å². The van der Waals surface area contributed by atoms with E-state index in [9.17, 15) is 9.59 Å². The molecule has 0 fully saturated rings. The van der Waals surface area contributed by atoms with E-state index >= 15 is 0 Å². The fourth-order valence-electron chi connectivity index (χ4n) is 3.76. The van der Waals surface area contributed by atoms with Crippen molar-refractivity contribution in [2.75, 3.05) is 11.9 Å². The number of benzene rings is 3. The standard InChI is InChI=1S/C29H26ClNO5/c1-3-34-26(32)17-20-9-11-22(12-10-20)23-13-15-24(16-14-23)28-27(25(30)18-35-28)31-29(33)36-19(2)21-7-5-4-6-8-21/h4-16,18-19H,3,17H2,1-2H3,(H,31,33)/t19-/m1/s1. The Hall–Kier alpha value is -4.03. The highest BCUT2D eigenvalue weighted by Gasteiger charge is 2.19. The van der Waals surface area contributed by atoms with E-state index < -0.39 is 12.2 Å². The number of furan rings is 1. The highest BCUT2D eigenvalue weighted by molar-refractivity contribution is 6.34. The van der Waals surface area contributed by atoms with Crippen LogP contribution in [0.25, 0.3) is 22.5 Å². The van der Waals surface area contributed by atoms with E-state index in [0.717, 1.165) is 27.8 Å². The third kappa shape index (κ3) is 6.15. The van der Waals surface area contributed by atoms with Crippen LogP contribution in [-0.4, -0.2) is 18.7 Å². The molecule has 3 aromatic carbocycles. The number of ether oxygens (including phenoxy) is 2. The first-order valence-electron chi connectivity index (χ1n) is 11.6. The maximum Gasteiger partial charge on any atom is 0.412 e. The predicted molar refractivity (Wildman–Crippen MR) is 140 cm³/mol. The van der Waals surface area contributed by atoms with Gasteiger partial charge in [0.15, 0.2) is 5.76 Å². The average Bonchev–Trinajstić information content (AvgIpc) is 3.25. The van der Waals surface area contributed by atoms with Gasteiger partial charge in [0.2, 0.25) is 0 Å². The fraction of sp³-hybridized carbons (Fsp3) is 0.172. The van der Waals surface area contributed by atoms with Gasteiger partial charge in [0.25, 0.3) is 0 Å². The number of anilines is 1. The Bertz CT molecular complexity index is 1310. The van der Waals surface area contributed by atoms with Crippen LogP contribution in [-0.2, 0) is 20.7 Å². The van der Waals surface area contributed by atoms with Gasteiger partial charge in [0.1, 0.15) is 23.1 Å². The second kappa shape index (κ2) is 11.6. The maximum absolute atomic E-state index is 12.5. The quantitative estimate of drug-likeness (QED) is 0.249. The summed E-state index contributed by atoms with van der Waals surface area (Å²) < 4.78 is 16.1. The van der Waals surface area contributed by atoms with E-state index in [1.807, 2.05) is 78.9 Å². The van der Waals surface area contributed by atoms with Gasteiger partial charge in [-0.05, 0) is 36.1 Å². The molecule has 0 aliphatic heterocycles. The van der Waals surface area contributed by atoms with Gasteiger partial charge in [0.05, 0.1) is 13.0 Å². The smallest absolute Gasteiger partial charge is 0.412 e. The number of nitrogens with one attached hydrogen (secondary N) is 1. The van der Waals surface area contributed by atoms with E-state index in [1.54, 1.807) is 13.8 Å². The summed E-state index contributed by atoms with van der Waals surface area (Å²) in [5, 5.41) is 2.98. The van der Waals surface area contributed by atoms with Gasteiger partial charge in [-0.25, -0.2) is 4.79 Å². The number of halogens is 1. The van der Waals surface area contributed by atoms with Gasteiger partial charge in [-0.15, -0.1) is 0 Å². The molecule has 0 bridgehead atoms. The van der Waals surface area contributed by atoms with Crippen molar-refractivity contribution in [3.63, 3.8) is 0 Å². The summed E-state index contributed by atoms with van der Waals surface area (Å²) in [5.41, 5.74) is 4.86. The number of amides is 1. The lowest BCUT2D eigenvalue weighted by molar-refractivity contribution is -0.142. The lowest BCUT2D eigenvalue weighted by Crippen LogP contribution is -2.16. The molecule has 1 amide bonds. The van der Waals surface area contributed by atoms with Crippen LogP contribution < -0.4 is 5.32 Å². The zero-order chi connectivity index (χ0) is 25.5. The van der Waals surface area contributed by atoms with Crippen LogP contribution in [0.1, 0.15) is 31.1 Å². The molecule has 184 valence electrons. The Morgan fingerprint density at radius 2 is 1.53 bits per heavy atom. The van der Waals surface area contributed by atoms with E-state index in [2.05, 4.69) is 5.32 Å². The normalized spacial score (nSPS) is 11.5. The maximum atomic E-state index is 12.5. The summed E-state index contributed by atoms with van der Waals surface area (Å²) in [6.45, 7) is 3.96. The van der Waals surface area contributed by atoms with Crippen LogP contribution in [0, 0.1) is 0 Å². The zero-order valence-corrected chi connectivity index (χ0v) is 20.7.